The normalized spacial score (nSPS) is 14.8. The van der Waals surface area contributed by atoms with E-state index in [1.54, 1.807) is 66.1 Å². The van der Waals surface area contributed by atoms with Crippen molar-refractivity contribution in [3.8, 4) is 22.6 Å². The Morgan fingerprint density at radius 1 is 1.09 bits per heavy atom. The van der Waals surface area contributed by atoms with Crippen molar-refractivity contribution in [3.05, 3.63) is 75.5 Å². The van der Waals surface area contributed by atoms with Crippen molar-refractivity contribution in [2.75, 3.05) is 30.7 Å². The summed E-state index contributed by atoms with van der Waals surface area (Å²) in [5.41, 5.74) is 1.82. The lowest BCUT2D eigenvalue weighted by Gasteiger charge is -2.31. The Kier molecular flexibility index (Phi) is 9.86. The fraction of sp³-hybridized carbons (Fsp3) is 0.438. The van der Waals surface area contributed by atoms with Gasteiger partial charge in [-0.3, -0.25) is 9.59 Å². The molecule has 4 rings (SSSR count). The molecule has 1 aromatic heterocycles. The van der Waals surface area contributed by atoms with Crippen LogP contribution in [-0.4, -0.2) is 59.7 Å². The second-order valence-electron chi connectivity index (χ2n) is 11.8. The molecule has 3 N–H and O–H groups in total. The molecular formula is C32H41FN4O6S. The minimum atomic E-state index is -3.27. The number of benzene rings is 2. The molecule has 0 bridgehead atoms. The van der Waals surface area contributed by atoms with Crippen LogP contribution >= 0.6 is 0 Å². The van der Waals surface area contributed by atoms with E-state index in [0.717, 1.165) is 0 Å². The molecule has 0 aliphatic carbocycles. The summed E-state index contributed by atoms with van der Waals surface area (Å²) in [6.45, 7) is 9.00. The predicted octanol–water partition coefficient (Wildman–Crippen LogP) is 4.17. The highest BCUT2D eigenvalue weighted by molar-refractivity contribution is 7.89. The lowest BCUT2D eigenvalue weighted by Crippen LogP contribution is -2.47. The highest BCUT2D eigenvalue weighted by atomic mass is 32.2. The molecule has 0 saturated carbocycles. The van der Waals surface area contributed by atoms with Gasteiger partial charge in [-0.25, -0.2) is 17.1 Å². The number of nitrogens with zero attached hydrogens (tertiary/aromatic N) is 2. The molecule has 44 heavy (non-hydrogen) atoms. The Hall–Kier alpha value is -3.74. The number of aliphatic hydroxyl groups is 1. The van der Waals surface area contributed by atoms with Crippen LogP contribution in [0.1, 0.15) is 50.3 Å². The Morgan fingerprint density at radius 3 is 2.32 bits per heavy atom. The van der Waals surface area contributed by atoms with Crippen molar-refractivity contribution in [1.29, 1.82) is 0 Å². The Labute approximate surface area is 257 Å². The number of hydrogen-bond donors (Lipinski definition) is 3. The summed E-state index contributed by atoms with van der Waals surface area (Å²) in [5.74, 6) is 0.273. The van der Waals surface area contributed by atoms with Crippen LogP contribution in [0.3, 0.4) is 0 Å². The summed E-state index contributed by atoms with van der Waals surface area (Å²) in [7, 11) is -1.65. The molecule has 12 heteroatoms. The molecule has 0 spiro atoms. The molecule has 1 aliphatic rings. The Bertz CT molecular complexity index is 1680. The van der Waals surface area contributed by atoms with Gasteiger partial charge in [0, 0.05) is 55.3 Å². The van der Waals surface area contributed by atoms with E-state index in [2.05, 4.69) is 10.6 Å². The fourth-order valence-corrected chi connectivity index (χ4v) is 6.42. The number of aryl methyl sites for hydroxylation is 3. The van der Waals surface area contributed by atoms with E-state index in [4.69, 9.17) is 4.74 Å². The third-order valence-electron chi connectivity index (χ3n) is 7.86. The number of halogens is 1. The van der Waals surface area contributed by atoms with Crippen LogP contribution in [0.4, 0.5) is 10.1 Å². The molecule has 1 amide bonds. The van der Waals surface area contributed by atoms with Gasteiger partial charge < -0.3 is 25.0 Å². The van der Waals surface area contributed by atoms with E-state index in [9.17, 15) is 27.5 Å². The smallest absolute Gasteiger partial charge is 0.252 e. The van der Waals surface area contributed by atoms with Gasteiger partial charge in [-0.15, -0.1) is 0 Å². The number of carbonyl (C=O) groups is 1. The van der Waals surface area contributed by atoms with Crippen LogP contribution in [-0.2, 0) is 27.5 Å². The van der Waals surface area contributed by atoms with Crippen LogP contribution < -0.4 is 20.9 Å². The van der Waals surface area contributed by atoms with Gasteiger partial charge in [-0.05, 0) is 88.4 Å². The van der Waals surface area contributed by atoms with Crippen molar-refractivity contribution in [1.82, 2.24) is 14.2 Å². The average molecular weight is 629 g/mol. The molecule has 1 aliphatic heterocycles. The first-order valence-corrected chi connectivity index (χ1v) is 16.2. The highest BCUT2D eigenvalue weighted by Crippen LogP contribution is 2.41. The third-order valence-corrected chi connectivity index (χ3v) is 9.74. The molecular weight excluding hydrogens is 587 g/mol. The number of amides is 1. The van der Waals surface area contributed by atoms with Gasteiger partial charge in [0.2, 0.25) is 15.9 Å². The van der Waals surface area contributed by atoms with Gasteiger partial charge in [0.05, 0.1) is 17.9 Å². The van der Waals surface area contributed by atoms with Crippen LogP contribution in [0.5, 0.6) is 11.5 Å². The number of carbonyl (C=O) groups excluding carboxylic acids is 1. The zero-order valence-electron chi connectivity index (χ0n) is 26.0. The number of nitrogens with one attached hydrogen (secondary N) is 2. The molecule has 238 valence electrons. The van der Waals surface area contributed by atoms with E-state index >= 15 is 0 Å². The first kappa shape index (κ1) is 33.2. The number of piperidine rings is 1. The van der Waals surface area contributed by atoms with Crippen molar-refractivity contribution >= 4 is 21.6 Å². The van der Waals surface area contributed by atoms with E-state index in [0.29, 0.717) is 70.9 Å². The first-order chi connectivity index (χ1) is 20.6. The second-order valence-corrected chi connectivity index (χ2v) is 14.0. The largest absolute Gasteiger partial charge is 0.456 e. The molecule has 2 heterocycles. The number of hydrogen-bond acceptors (Lipinski definition) is 7. The van der Waals surface area contributed by atoms with Gasteiger partial charge in [0.15, 0.2) is 0 Å². The van der Waals surface area contributed by atoms with Crippen LogP contribution in [0, 0.1) is 19.7 Å². The van der Waals surface area contributed by atoms with Gasteiger partial charge >= 0.3 is 0 Å². The van der Waals surface area contributed by atoms with Gasteiger partial charge in [-0.1, -0.05) is 6.07 Å². The zero-order valence-corrected chi connectivity index (χ0v) is 26.8. The monoisotopic (exact) mass is 628 g/mol. The summed E-state index contributed by atoms with van der Waals surface area (Å²) in [6, 6.07) is 9.24. The molecule has 0 radical (unpaired) electrons. The first-order valence-electron chi connectivity index (χ1n) is 14.6. The predicted molar refractivity (Wildman–Crippen MR) is 169 cm³/mol. The number of ether oxygens (including phenoxy) is 1. The number of aromatic nitrogens is 1. The average Bonchev–Trinajstić information content (AvgIpc) is 2.95. The SMILES string of the molecule is CCS(=O)(=O)N1CCC(NC(=O)CNc2cc(=O)n(C)cc2-c2cc(C(C)(C)O)ccc2Oc2c(C)cc(F)cc2C)CC1. The second kappa shape index (κ2) is 13.1. The molecule has 10 nitrogen and oxygen atoms in total. The Balaban J connectivity index is 1.63. The summed E-state index contributed by atoms with van der Waals surface area (Å²) < 4.78 is 47.5. The van der Waals surface area contributed by atoms with Crippen LogP contribution in [0.25, 0.3) is 11.1 Å². The Morgan fingerprint density at radius 2 is 1.73 bits per heavy atom. The molecule has 0 unspecified atom stereocenters. The minimum absolute atomic E-state index is 0.0430. The zero-order chi connectivity index (χ0) is 32.4. The highest BCUT2D eigenvalue weighted by Gasteiger charge is 2.27. The van der Waals surface area contributed by atoms with Gasteiger partial charge in [0.1, 0.15) is 17.3 Å². The molecule has 0 atom stereocenters. The number of rotatable bonds is 10. The summed E-state index contributed by atoms with van der Waals surface area (Å²) in [6.07, 6.45) is 2.65. The van der Waals surface area contributed by atoms with Crippen molar-refractivity contribution in [2.45, 2.75) is 59.1 Å². The quantitative estimate of drug-likeness (QED) is 0.307. The third kappa shape index (κ3) is 7.66. The van der Waals surface area contributed by atoms with Crippen LogP contribution in [0.2, 0.25) is 0 Å². The lowest BCUT2D eigenvalue weighted by molar-refractivity contribution is -0.120. The maximum atomic E-state index is 14.0. The van der Waals surface area contributed by atoms with E-state index in [-0.39, 0.29) is 35.6 Å². The number of anilines is 1. The lowest BCUT2D eigenvalue weighted by atomic mass is 9.93. The standard InChI is InChI=1S/C32H41FN4O6S/c1-7-44(41,42)37-12-10-24(11-13-37)35-29(38)18-34-27-17-30(39)36(6)19-26(27)25-16-22(32(4,5)40)8-9-28(25)43-31-20(2)14-23(33)15-21(31)3/h8-9,14-17,19,24,34,40H,7,10-13,18H2,1-6H3,(H,35,38). The van der Waals surface area contributed by atoms with E-state index in [1.165, 1.54) is 27.1 Å². The van der Waals surface area contributed by atoms with Crippen molar-refractivity contribution in [3.63, 3.8) is 0 Å². The van der Waals surface area contributed by atoms with Gasteiger partial charge in [-0.2, -0.15) is 0 Å². The van der Waals surface area contributed by atoms with Crippen molar-refractivity contribution < 1.29 is 27.4 Å². The van der Waals surface area contributed by atoms with Gasteiger partial charge in [0.25, 0.3) is 5.56 Å². The minimum Gasteiger partial charge on any atom is -0.456 e. The fourth-order valence-electron chi connectivity index (χ4n) is 5.28. The van der Waals surface area contributed by atoms with E-state index < -0.39 is 15.6 Å². The number of sulfonamides is 1. The summed E-state index contributed by atoms with van der Waals surface area (Å²) in [4.78, 5) is 25.6. The van der Waals surface area contributed by atoms with Crippen LogP contribution in [0.15, 0.2) is 47.4 Å². The van der Waals surface area contributed by atoms with Crippen molar-refractivity contribution in [2.24, 2.45) is 7.05 Å². The number of pyridine rings is 1. The molecule has 1 fully saturated rings. The molecule has 3 aromatic rings. The topological polar surface area (TPSA) is 130 Å². The maximum Gasteiger partial charge on any atom is 0.252 e. The molecule has 2 aromatic carbocycles. The summed E-state index contributed by atoms with van der Waals surface area (Å²) >= 11 is 0. The summed E-state index contributed by atoms with van der Waals surface area (Å²) in [5, 5.41) is 16.8. The maximum absolute atomic E-state index is 14.0. The molecule has 1 saturated heterocycles. The van der Waals surface area contributed by atoms with E-state index in [1.807, 2.05) is 0 Å².